The van der Waals surface area contributed by atoms with E-state index in [0.717, 1.165) is 16.4 Å². The fourth-order valence-electron chi connectivity index (χ4n) is 2.69. The number of nitrogens with one attached hydrogen (secondary N) is 1. The third-order valence-corrected chi connectivity index (χ3v) is 7.10. The standard InChI is InChI=1S/C19H20BrN5O3S/c1-4-25-12-21-23-18(25)13-6-5-7-15(10-13)22-19(26)14-8-9-16(20)17(11-14)29(27,28)24(2)3/h5-12H,4H2,1-3H3,(H,22,26). The maximum absolute atomic E-state index is 12.7. The highest BCUT2D eigenvalue weighted by Crippen LogP contribution is 2.26. The molecular weight excluding hydrogens is 458 g/mol. The summed E-state index contributed by atoms with van der Waals surface area (Å²) in [5.74, 6) is 0.286. The molecule has 0 fully saturated rings. The minimum absolute atomic E-state index is 0.0277. The lowest BCUT2D eigenvalue weighted by Gasteiger charge is -2.14. The van der Waals surface area contributed by atoms with Crippen LogP contribution in [0.2, 0.25) is 0 Å². The number of nitrogens with zero attached hydrogens (tertiary/aromatic N) is 4. The minimum atomic E-state index is -3.69. The molecular formula is C19H20BrN5O3S. The highest BCUT2D eigenvalue weighted by molar-refractivity contribution is 9.10. The molecule has 3 rings (SSSR count). The van der Waals surface area contributed by atoms with Crippen LogP contribution < -0.4 is 5.32 Å². The van der Waals surface area contributed by atoms with Gasteiger partial charge in [-0.05, 0) is 53.2 Å². The molecule has 3 aromatic rings. The first kappa shape index (κ1) is 21.2. The van der Waals surface area contributed by atoms with Gasteiger partial charge in [-0.2, -0.15) is 0 Å². The average molecular weight is 478 g/mol. The van der Waals surface area contributed by atoms with E-state index in [9.17, 15) is 13.2 Å². The zero-order chi connectivity index (χ0) is 21.2. The number of benzene rings is 2. The molecule has 1 aromatic heterocycles. The Hall–Kier alpha value is -2.56. The summed E-state index contributed by atoms with van der Waals surface area (Å²) in [5.41, 5.74) is 1.61. The van der Waals surface area contributed by atoms with Crippen molar-refractivity contribution in [2.75, 3.05) is 19.4 Å². The number of aryl methyl sites for hydroxylation is 1. The van der Waals surface area contributed by atoms with Crippen molar-refractivity contribution < 1.29 is 13.2 Å². The number of hydrogen-bond donors (Lipinski definition) is 1. The van der Waals surface area contributed by atoms with E-state index < -0.39 is 15.9 Å². The molecule has 8 nitrogen and oxygen atoms in total. The van der Waals surface area contributed by atoms with Gasteiger partial charge < -0.3 is 9.88 Å². The van der Waals surface area contributed by atoms with Gasteiger partial charge in [-0.15, -0.1) is 10.2 Å². The Labute approximate surface area is 177 Å². The first-order chi connectivity index (χ1) is 13.7. The molecule has 0 spiro atoms. The van der Waals surface area contributed by atoms with Gasteiger partial charge >= 0.3 is 0 Å². The molecule has 0 radical (unpaired) electrons. The van der Waals surface area contributed by atoms with E-state index in [4.69, 9.17) is 0 Å². The molecule has 0 aliphatic rings. The zero-order valence-electron chi connectivity index (χ0n) is 16.1. The number of carbonyl (C=O) groups excluding carboxylic acids is 1. The molecule has 2 aromatic carbocycles. The fraction of sp³-hybridized carbons (Fsp3) is 0.211. The van der Waals surface area contributed by atoms with Crippen LogP contribution in [-0.4, -0.2) is 47.5 Å². The van der Waals surface area contributed by atoms with Crippen LogP contribution in [0, 0.1) is 0 Å². The molecule has 0 unspecified atom stereocenters. The molecule has 1 heterocycles. The number of carbonyl (C=O) groups is 1. The van der Waals surface area contributed by atoms with Crippen molar-refractivity contribution in [3.63, 3.8) is 0 Å². The largest absolute Gasteiger partial charge is 0.322 e. The van der Waals surface area contributed by atoms with Gasteiger partial charge in [0.25, 0.3) is 5.91 Å². The first-order valence-corrected chi connectivity index (χ1v) is 11.0. The van der Waals surface area contributed by atoms with Crippen molar-refractivity contribution in [1.82, 2.24) is 19.1 Å². The van der Waals surface area contributed by atoms with Gasteiger partial charge in [0.1, 0.15) is 6.33 Å². The third kappa shape index (κ3) is 4.39. The highest BCUT2D eigenvalue weighted by Gasteiger charge is 2.22. The lowest BCUT2D eigenvalue weighted by atomic mass is 10.1. The molecule has 0 aliphatic carbocycles. The Morgan fingerprint density at radius 2 is 1.97 bits per heavy atom. The second-order valence-electron chi connectivity index (χ2n) is 6.41. The SMILES string of the molecule is CCn1cnnc1-c1cccc(NC(=O)c2ccc(Br)c(S(=O)(=O)N(C)C)c2)c1. The van der Waals surface area contributed by atoms with Gasteiger partial charge in [0.05, 0.1) is 4.90 Å². The summed E-state index contributed by atoms with van der Waals surface area (Å²) in [6.45, 7) is 2.71. The van der Waals surface area contributed by atoms with E-state index >= 15 is 0 Å². The van der Waals surface area contributed by atoms with Crippen LogP contribution >= 0.6 is 15.9 Å². The normalized spacial score (nSPS) is 11.6. The predicted octanol–water partition coefficient (Wildman–Crippen LogP) is 3.23. The van der Waals surface area contributed by atoms with Crippen molar-refractivity contribution in [2.45, 2.75) is 18.4 Å². The quantitative estimate of drug-likeness (QED) is 0.587. The Morgan fingerprint density at radius 1 is 1.21 bits per heavy atom. The smallest absolute Gasteiger partial charge is 0.255 e. The van der Waals surface area contributed by atoms with E-state index in [2.05, 4.69) is 31.4 Å². The number of halogens is 1. The predicted molar refractivity (Wildman–Crippen MR) is 114 cm³/mol. The number of sulfonamides is 1. The highest BCUT2D eigenvalue weighted by atomic mass is 79.9. The molecule has 0 saturated carbocycles. The van der Waals surface area contributed by atoms with E-state index in [1.165, 1.54) is 20.2 Å². The number of anilines is 1. The van der Waals surface area contributed by atoms with Crippen molar-refractivity contribution in [2.24, 2.45) is 0 Å². The van der Waals surface area contributed by atoms with Crippen LogP contribution in [0.15, 0.2) is 58.2 Å². The van der Waals surface area contributed by atoms with Gasteiger partial charge in [-0.1, -0.05) is 12.1 Å². The van der Waals surface area contributed by atoms with Crippen LogP contribution in [0.25, 0.3) is 11.4 Å². The summed E-state index contributed by atoms with van der Waals surface area (Å²) in [6, 6.07) is 11.7. The van der Waals surface area contributed by atoms with Crippen molar-refractivity contribution in [3.8, 4) is 11.4 Å². The summed E-state index contributed by atoms with van der Waals surface area (Å²) in [4.78, 5) is 12.8. The summed E-state index contributed by atoms with van der Waals surface area (Å²) in [7, 11) is -0.813. The minimum Gasteiger partial charge on any atom is -0.322 e. The number of aromatic nitrogens is 3. The first-order valence-electron chi connectivity index (χ1n) is 8.75. The van der Waals surface area contributed by atoms with Gasteiger partial charge in [0, 0.05) is 41.9 Å². The van der Waals surface area contributed by atoms with Crippen molar-refractivity contribution >= 4 is 37.5 Å². The Kier molecular flexibility index (Phi) is 6.15. The van der Waals surface area contributed by atoms with E-state index in [1.807, 2.05) is 23.6 Å². The second kappa shape index (κ2) is 8.44. The van der Waals surface area contributed by atoms with Gasteiger partial charge in [0.15, 0.2) is 5.82 Å². The maximum Gasteiger partial charge on any atom is 0.255 e. The molecule has 29 heavy (non-hydrogen) atoms. The van der Waals surface area contributed by atoms with E-state index in [1.54, 1.807) is 30.6 Å². The average Bonchev–Trinajstić information content (AvgIpc) is 3.17. The van der Waals surface area contributed by atoms with Gasteiger partial charge in [-0.3, -0.25) is 4.79 Å². The number of amides is 1. The van der Waals surface area contributed by atoms with Crippen LogP contribution in [0.3, 0.4) is 0 Å². The molecule has 0 atom stereocenters. The molecule has 0 bridgehead atoms. The van der Waals surface area contributed by atoms with Crippen LogP contribution in [-0.2, 0) is 16.6 Å². The Balaban J connectivity index is 1.89. The summed E-state index contributed by atoms with van der Waals surface area (Å²) in [5, 5.41) is 10.9. The van der Waals surface area contributed by atoms with Crippen molar-refractivity contribution in [1.29, 1.82) is 0 Å². The van der Waals surface area contributed by atoms with E-state index in [-0.39, 0.29) is 10.5 Å². The van der Waals surface area contributed by atoms with Gasteiger partial charge in [-0.25, -0.2) is 12.7 Å². The monoisotopic (exact) mass is 477 g/mol. The lowest BCUT2D eigenvalue weighted by molar-refractivity contribution is 0.102. The lowest BCUT2D eigenvalue weighted by Crippen LogP contribution is -2.23. The van der Waals surface area contributed by atoms with E-state index in [0.29, 0.717) is 16.0 Å². The summed E-state index contributed by atoms with van der Waals surface area (Å²) in [6.07, 6.45) is 1.65. The molecule has 0 saturated heterocycles. The third-order valence-electron chi connectivity index (χ3n) is 4.29. The molecule has 1 amide bonds. The number of hydrogen-bond acceptors (Lipinski definition) is 5. The van der Waals surface area contributed by atoms with Crippen molar-refractivity contribution in [3.05, 3.63) is 58.8 Å². The van der Waals surface area contributed by atoms with Crippen LogP contribution in [0.1, 0.15) is 17.3 Å². The summed E-state index contributed by atoms with van der Waals surface area (Å²) < 4.78 is 28.3. The van der Waals surface area contributed by atoms with Gasteiger partial charge in [0.2, 0.25) is 10.0 Å². The molecule has 0 aliphatic heterocycles. The Bertz CT molecular complexity index is 1160. The zero-order valence-corrected chi connectivity index (χ0v) is 18.5. The fourth-order valence-corrected chi connectivity index (χ4v) is 4.53. The number of rotatable bonds is 6. The Morgan fingerprint density at radius 3 is 2.66 bits per heavy atom. The summed E-state index contributed by atoms with van der Waals surface area (Å²) >= 11 is 3.24. The molecule has 152 valence electrons. The van der Waals surface area contributed by atoms with Crippen LogP contribution in [0.4, 0.5) is 5.69 Å². The second-order valence-corrected chi connectivity index (χ2v) is 9.38. The topological polar surface area (TPSA) is 97.2 Å². The molecule has 1 N–H and O–H groups in total. The van der Waals surface area contributed by atoms with Crippen LogP contribution in [0.5, 0.6) is 0 Å². The maximum atomic E-state index is 12.7. The molecule has 10 heteroatoms.